The van der Waals surface area contributed by atoms with Gasteiger partial charge in [-0.05, 0) is 74.1 Å². The molecule has 5 rings (SSSR count). The van der Waals surface area contributed by atoms with E-state index in [9.17, 15) is 0 Å². The van der Waals surface area contributed by atoms with Gasteiger partial charge < -0.3 is 29.0 Å². The van der Waals surface area contributed by atoms with E-state index in [1.807, 2.05) is 60.8 Å². The van der Waals surface area contributed by atoms with Crippen LogP contribution in [0.2, 0.25) is 0 Å². The Labute approximate surface area is 222 Å². The lowest BCUT2D eigenvalue weighted by molar-refractivity contribution is 0.394. The van der Waals surface area contributed by atoms with Gasteiger partial charge in [-0.2, -0.15) is 0 Å². The zero-order valence-electron chi connectivity index (χ0n) is 21.6. The van der Waals surface area contributed by atoms with Crippen LogP contribution in [0, 0.1) is 13.8 Å². The Bertz CT molecular complexity index is 1440. The smallest absolute Gasteiger partial charge is 0.174 e. The van der Waals surface area contributed by atoms with Crippen molar-refractivity contribution in [2.75, 3.05) is 26.2 Å². The van der Waals surface area contributed by atoms with Gasteiger partial charge in [0.25, 0.3) is 0 Å². The predicted octanol–water partition coefficient (Wildman–Crippen LogP) is 5.69. The summed E-state index contributed by atoms with van der Waals surface area (Å²) in [5.74, 6) is 2.20. The minimum Gasteiger partial charge on any atom is -0.497 e. The molecule has 2 atom stereocenters. The fourth-order valence-corrected chi connectivity index (χ4v) is 5.49. The van der Waals surface area contributed by atoms with E-state index in [1.165, 1.54) is 0 Å². The Balaban J connectivity index is 1.69. The molecular formula is C29H30N4O3S. The van der Waals surface area contributed by atoms with E-state index in [4.69, 9.17) is 26.4 Å². The number of anilines is 1. The summed E-state index contributed by atoms with van der Waals surface area (Å²) in [6.45, 7) is 4.26. The normalized spacial score (nSPS) is 17.0. The third kappa shape index (κ3) is 4.38. The number of hydrogen-bond donors (Lipinski definition) is 1. The molecule has 3 heterocycles. The Kier molecular flexibility index (Phi) is 6.76. The first-order valence-electron chi connectivity index (χ1n) is 12.0. The van der Waals surface area contributed by atoms with Crippen LogP contribution in [-0.2, 0) is 0 Å². The van der Waals surface area contributed by atoms with Crippen LogP contribution in [0.3, 0.4) is 0 Å². The SMILES string of the molecule is COc1cccc(-n2c(C)cc(C3C(c4ccccn4)NC(=S)N3c3ccc(OC)cc3OC)c2C)c1. The van der Waals surface area contributed by atoms with Crippen molar-refractivity contribution in [1.29, 1.82) is 0 Å². The number of nitrogens with one attached hydrogen (secondary N) is 1. The standard InChI is InChI=1S/C29H30N4O3S/c1-18-15-23(19(2)32(18)20-9-8-10-21(16-20)34-3)28-27(24-11-6-7-14-30-24)31-29(37)33(28)25-13-12-22(35-4)17-26(25)36-5/h6-17,27-28H,1-5H3,(H,31,37). The number of hydrogen-bond acceptors (Lipinski definition) is 5. The maximum absolute atomic E-state index is 5.93. The van der Waals surface area contributed by atoms with E-state index in [2.05, 4.69) is 45.7 Å². The van der Waals surface area contributed by atoms with Gasteiger partial charge in [0.1, 0.15) is 17.2 Å². The predicted molar refractivity (Wildman–Crippen MR) is 149 cm³/mol. The van der Waals surface area contributed by atoms with Gasteiger partial charge in [0, 0.05) is 35.4 Å². The molecule has 1 aliphatic heterocycles. The van der Waals surface area contributed by atoms with E-state index >= 15 is 0 Å². The van der Waals surface area contributed by atoms with Crippen molar-refractivity contribution in [1.82, 2.24) is 14.9 Å². The minimum atomic E-state index is -0.171. The molecular weight excluding hydrogens is 484 g/mol. The van der Waals surface area contributed by atoms with Gasteiger partial charge in [-0.15, -0.1) is 0 Å². The van der Waals surface area contributed by atoms with Gasteiger partial charge in [-0.25, -0.2) is 0 Å². The number of pyridine rings is 1. The molecule has 7 nitrogen and oxygen atoms in total. The first-order valence-corrected chi connectivity index (χ1v) is 12.4. The van der Waals surface area contributed by atoms with E-state index in [0.717, 1.165) is 39.8 Å². The van der Waals surface area contributed by atoms with Crippen LogP contribution in [0.15, 0.2) is 72.9 Å². The van der Waals surface area contributed by atoms with Crippen LogP contribution in [0.25, 0.3) is 5.69 Å². The van der Waals surface area contributed by atoms with E-state index < -0.39 is 0 Å². The monoisotopic (exact) mass is 514 g/mol. The maximum Gasteiger partial charge on any atom is 0.174 e. The van der Waals surface area contributed by atoms with Crippen molar-refractivity contribution in [3.8, 4) is 22.9 Å². The number of methoxy groups -OCH3 is 3. The first kappa shape index (κ1) is 24.6. The first-order chi connectivity index (χ1) is 18.0. The van der Waals surface area contributed by atoms with Crippen LogP contribution in [0.5, 0.6) is 17.2 Å². The number of rotatable bonds is 7. The molecule has 1 aliphatic rings. The summed E-state index contributed by atoms with van der Waals surface area (Å²) in [6, 6.07) is 21.7. The number of thiocarbonyl (C=S) groups is 1. The van der Waals surface area contributed by atoms with Crippen LogP contribution in [-0.4, -0.2) is 36.0 Å². The fraction of sp³-hybridized carbons (Fsp3) is 0.241. The molecule has 4 aromatic rings. The zero-order valence-corrected chi connectivity index (χ0v) is 22.4. The summed E-state index contributed by atoms with van der Waals surface area (Å²) < 4.78 is 19.0. The second-order valence-electron chi connectivity index (χ2n) is 8.90. The van der Waals surface area contributed by atoms with E-state index in [0.29, 0.717) is 16.6 Å². The van der Waals surface area contributed by atoms with Crippen molar-refractivity contribution in [3.05, 3.63) is 95.6 Å². The lowest BCUT2D eigenvalue weighted by Gasteiger charge is -2.29. The van der Waals surface area contributed by atoms with Gasteiger partial charge in [-0.1, -0.05) is 12.1 Å². The molecule has 190 valence electrons. The number of aryl methyl sites for hydroxylation is 1. The molecule has 8 heteroatoms. The third-order valence-electron chi connectivity index (χ3n) is 6.84. The average Bonchev–Trinajstić information content (AvgIpc) is 3.43. The quantitative estimate of drug-likeness (QED) is 0.318. The molecule has 2 aromatic heterocycles. The Morgan fingerprint density at radius 2 is 1.65 bits per heavy atom. The van der Waals surface area contributed by atoms with Gasteiger partial charge in [-0.3, -0.25) is 4.98 Å². The number of aromatic nitrogens is 2. The van der Waals surface area contributed by atoms with Crippen molar-refractivity contribution < 1.29 is 14.2 Å². The van der Waals surface area contributed by atoms with Crippen molar-refractivity contribution in [2.24, 2.45) is 0 Å². The van der Waals surface area contributed by atoms with Crippen LogP contribution in [0.1, 0.15) is 34.7 Å². The molecule has 2 unspecified atom stereocenters. The Morgan fingerprint density at radius 3 is 2.35 bits per heavy atom. The van der Waals surface area contributed by atoms with E-state index in [-0.39, 0.29) is 12.1 Å². The summed E-state index contributed by atoms with van der Waals surface area (Å²) >= 11 is 5.93. The number of ether oxygens (including phenoxy) is 3. The summed E-state index contributed by atoms with van der Waals surface area (Å²) in [5.41, 5.74) is 6.17. The molecule has 0 aliphatic carbocycles. The maximum atomic E-state index is 5.93. The molecule has 0 saturated carbocycles. The Hall–Kier alpha value is -4.04. The topological polar surface area (TPSA) is 60.8 Å². The third-order valence-corrected chi connectivity index (χ3v) is 7.16. The van der Waals surface area contributed by atoms with Crippen LogP contribution in [0.4, 0.5) is 5.69 Å². The molecule has 0 bridgehead atoms. The molecule has 1 N–H and O–H groups in total. The number of nitrogens with zero attached hydrogens (tertiary/aromatic N) is 3. The lowest BCUT2D eigenvalue weighted by atomic mass is 9.96. The van der Waals surface area contributed by atoms with Crippen molar-refractivity contribution >= 4 is 23.0 Å². The molecule has 0 amide bonds. The highest BCUT2D eigenvalue weighted by molar-refractivity contribution is 7.80. The molecule has 1 fully saturated rings. The van der Waals surface area contributed by atoms with Crippen LogP contribution >= 0.6 is 12.2 Å². The Morgan fingerprint density at radius 1 is 0.865 bits per heavy atom. The highest BCUT2D eigenvalue weighted by Gasteiger charge is 2.43. The van der Waals surface area contributed by atoms with Gasteiger partial charge in [0.2, 0.25) is 0 Å². The van der Waals surface area contributed by atoms with Crippen molar-refractivity contribution in [3.63, 3.8) is 0 Å². The summed E-state index contributed by atoms with van der Waals surface area (Å²) in [4.78, 5) is 6.81. The van der Waals surface area contributed by atoms with Gasteiger partial charge in [0.05, 0.1) is 44.8 Å². The van der Waals surface area contributed by atoms with Crippen molar-refractivity contribution in [2.45, 2.75) is 25.9 Å². The molecule has 1 saturated heterocycles. The van der Waals surface area contributed by atoms with Gasteiger partial charge >= 0.3 is 0 Å². The second kappa shape index (κ2) is 10.1. The van der Waals surface area contributed by atoms with E-state index in [1.54, 1.807) is 21.3 Å². The number of benzene rings is 2. The fourth-order valence-electron chi connectivity index (χ4n) is 5.15. The molecule has 0 radical (unpaired) electrons. The highest BCUT2D eigenvalue weighted by Crippen LogP contribution is 2.46. The van der Waals surface area contributed by atoms with Gasteiger partial charge in [0.15, 0.2) is 5.11 Å². The lowest BCUT2D eigenvalue weighted by Crippen LogP contribution is -2.30. The van der Waals surface area contributed by atoms with Crippen LogP contribution < -0.4 is 24.4 Å². The summed E-state index contributed by atoms with van der Waals surface area (Å²) in [7, 11) is 4.98. The molecule has 2 aromatic carbocycles. The largest absolute Gasteiger partial charge is 0.497 e. The zero-order chi connectivity index (χ0) is 26.1. The second-order valence-corrected chi connectivity index (χ2v) is 9.28. The molecule has 37 heavy (non-hydrogen) atoms. The summed E-state index contributed by atoms with van der Waals surface area (Å²) in [5, 5.41) is 4.15. The summed E-state index contributed by atoms with van der Waals surface area (Å²) in [6.07, 6.45) is 1.81. The average molecular weight is 515 g/mol. The highest BCUT2D eigenvalue weighted by atomic mass is 32.1. The molecule has 0 spiro atoms. The minimum absolute atomic E-state index is 0.167.